The van der Waals surface area contributed by atoms with E-state index in [1.165, 1.54) is 11.1 Å². The molecule has 0 radical (unpaired) electrons. The van der Waals surface area contributed by atoms with Gasteiger partial charge >= 0.3 is 0 Å². The van der Waals surface area contributed by atoms with Crippen molar-refractivity contribution in [3.8, 4) is 0 Å². The molecule has 0 aliphatic heterocycles. The number of fused-ring (bicyclic) bond motifs is 1. The molecular weight excluding hydrogens is 196 g/mol. The van der Waals surface area contributed by atoms with E-state index in [-0.39, 0.29) is 0 Å². The number of imidazole rings is 1. The summed E-state index contributed by atoms with van der Waals surface area (Å²) in [6.45, 7) is 14.2. The molecule has 2 heteroatoms. The first kappa shape index (κ1) is 14.7. The number of hydrogen-bond acceptors (Lipinski definition) is 1. The number of nitrogens with zero attached hydrogens (tertiary/aromatic N) is 2. The van der Waals surface area contributed by atoms with Crippen molar-refractivity contribution >= 4 is 5.65 Å². The van der Waals surface area contributed by atoms with E-state index < -0.39 is 0 Å². The largest absolute Gasteiger partial charge is 0.307 e. The third kappa shape index (κ3) is 3.37. The van der Waals surface area contributed by atoms with E-state index in [1.807, 2.05) is 40.8 Å². The van der Waals surface area contributed by atoms with Gasteiger partial charge in [0.05, 0.1) is 5.69 Å². The summed E-state index contributed by atoms with van der Waals surface area (Å²) in [5.74, 6) is 0. The summed E-state index contributed by atoms with van der Waals surface area (Å²) in [6.07, 6.45) is 4.16. The van der Waals surface area contributed by atoms with Gasteiger partial charge in [-0.15, -0.1) is 0 Å². The first-order valence-corrected chi connectivity index (χ1v) is 6.09. The van der Waals surface area contributed by atoms with E-state index in [0.717, 1.165) is 11.3 Å². The van der Waals surface area contributed by atoms with Crippen LogP contribution in [0.2, 0.25) is 0 Å². The quantitative estimate of drug-likeness (QED) is 0.646. The lowest BCUT2D eigenvalue weighted by Gasteiger charge is -1.99. The van der Waals surface area contributed by atoms with Crippen molar-refractivity contribution in [1.82, 2.24) is 9.38 Å². The minimum Gasteiger partial charge on any atom is -0.307 e. The van der Waals surface area contributed by atoms with E-state index in [9.17, 15) is 0 Å². The highest BCUT2D eigenvalue weighted by Gasteiger charge is 1.99. The molecule has 16 heavy (non-hydrogen) atoms. The van der Waals surface area contributed by atoms with Crippen molar-refractivity contribution in [1.29, 1.82) is 0 Å². The van der Waals surface area contributed by atoms with Crippen LogP contribution in [0.1, 0.15) is 44.5 Å². The molecule has 0 aliphatic carbocycles. The molecular formula is C14H24N2. The van der Waals surface area contributed by atoms with Crippen LogP contribution in [0.5, 0.6) is 0 Å². The molecule has 2 aromatic heterocycles. The zero-order valence-corrected chi connectivity index (χ0v) is 11.6. The van der Waals surface area contributed by atoms with Crippen LogP contribution in [0, 0.1) is 20.8 Å². The molecule has 2 heterocycles. The molecule has 2 nitrogen and oxygen atoms in total. The van der Waals surface area contributed by atoms with Crippen molar-refractivity contribution in [2.24, 2.45) is 0 Å². The molecule has 2 aromatic rings. The van der Waals surface area contributed by atoms with Crippen molar-refractivity contribution in [2.45, 2.75) is 48.5 Å². The fourth-order valence-corrected chi connectivity index (χ4v) is 1.36. The van der Waals surface area contributed by atoms with Gasteiger partial charge in [-0.05, 0) is 38.0 Å². The first-order chi connectivity index (χ1) is 7.66. The van der Waals surface area contributed by atoms with E-state index >= 15 is 0 Å². The normalized spacial score (nSPS) is 8.94. The Balaban J connectivity index is 0.000000509. The predicted octanol–water partition coefficient (Wildman–Crippen LogP) is 4.31. The summed E-state index contributed by atoms with van der Waals surface area (Å²) in [4.78, 5) is 4.38. The molecule has 0 saturated carbocycles. The third-order valence-electron chi connectivity index (χ3n) is 2.18. The van der Waals surface area contributed by atoms with Crippen LogP contribution in [0.4, 0.5) is 0 Å². The highest BCUT2D eigenvalue weighted by atomic mass is 15.0. The van der Waals surface area contributed by atoms with Crippen LogP contribution in [0.25, 0.3) is 5.65 Å². The smallest absolute Gasteiger partial charge is 0.137 e. The van der Waals surface area contributed by atoms with Crippen LogP contribution in [-0.4, -0.2) is 9.38 Å². The van der Waals surface area contributed by atoms with Crippen LogP contribution in [0.15, 0.2) is 18.5 Å². The van der Waals surface area contributed by atoms with Crippen molar-refractivity contribution in [3.63, 3.8) is 0 Å². The molecule has 90 valence electrons. The van der Waals surface area contributed by atoms with Crippen LogP contribution < -0.4 is 0 Å². The van der Waals surface area contributed by atoms with Gasteiger partial charge in [-0.2, -0.15) is 0 Å². The fraction of sp³-hybridized carbons (Fsp3) is 0.500. The van der Waals surface area contributed by atoms with Crippen LogP contribution in [-0.2, 0) is 0 Å². The second kappa shape index (κ2) is 7.04. The second-order valence-electron chi connectivity index (χ2n) is 3.29. The Hall–Kier alpha value is -1.31. The number of aryl methyl sites for hydroxylation is 3. The molecule has 0 spiro atoms. The van der Waals surface area contributed by atoms with Crippen molar-refractivity contribution in [3.05, 3.63) is 35.3 Å². The van der Waals surface area contributed by atoms with E-state index in [4.69, 9.17) is 0 Å². The molecule has 0 saturated heterocycles. The number of aromatic nitrogens is 2. The monoisotopic (exact) mass is 220 g/mol. The molecule has 0 unspecified atom stereocenters. The molecule has 0 fully saturated rings. The molecule has 0 bridgehead atoms. The minimum absolute atomic E-state index is 1.04. The summed E-state index contributed by atoms with van der Waals surface area (Å²) in [5.41, 5.74) is 4.71. The number of hydrogen-bond donors (Lipinski definition) is 0. The number of pyridine rings is 1. The molecule has 0 aliphatic rings. The van der Waals surface area contributed by atoms with Crippen LogP contribution >= 0.6 is 0 Å². The Morgan fingerprint density at radius 2 is 1.44 bits per heavy atom. The maximum atomic E-state index is 4.38. The van der Waals surface area contributed by atoms with Gasteiger partial charge in [0.15, 0.2) is 0 Å². The second-order valence-corrected chi connectivity index (χ2v) is 3.29. The van der Waals surface area contributed by atoms with E-state index in [1.54, 1.807) is 0 Å². The Morgan fingerprint density at radius 3 is 2.00 bits per heavy atom. The molecule has 0 aromatic carbocycles. The summed E-state index contributed by atoms with van der Waals surface area (Å²) < 4.78 is 2.07. The summed E-state index contributed by atoms with van der Waals surface area (Å²) >= 11 is 0. The van der Waals surface area contributed by atoms with E-state index in [0.29, 0.717) is 0 Å². The summed E-state index contributed by atoms with van der Waals surface area (Å²) in [5, 5.41) is 0. The van der Waals surface area contributed by atoms with Gasteiger partial charge in [0.1, 0.15) is 5.65 Å². The highest BCUT2D eigenvalue weighted by Crippen LogP contribution is 2.11. The van der Waals surface area contributed by atoms with Crippen molar-refractivity contribution in [2.75, 3.05) is 0 Å². The zero-order chi connectivity index (χ0) is 12.7. The Labute approximate surface area is 99.3 Å². The van der Waals surface area contributed by atoms with E-state index in [2.05, 4.69) is 35.5 Å². The van der Waals surface area contributed by atoms with Gasteiger partial charge in [-0.25, -0.2) is 4.98 Å². The average Bonchev–Trinajstić information content (AvgIpc) is 2.64. The van der Waals surface area contributed by atoms with Gasteiger partial charge in [0, 0.05) is 12.4 Å². The van der Waals surface area contributed by atoms with Gasteiger partial charge < -0.3 is 4.40 Å². The first-order valence-electron chi connectivity index (χ1n) is 6.09. The third-order valence-corrected chi connectivity index (χ3v) is 2.18. The molecule has 0 N–H and O–H groups in total. The van der Waals surface area contributed by atoms with Gasteiger partial charge in [-0.3, -0.25) is 0 Å². The predicted molar refractivity (Wildman–Crippen MR) is 72.1 cm³/mol. The summed E-state index contributed by atoms with van der Waals surface area (Å²) in [6, 6.07) is 2.11. The van der Waals surface area contributed by atoms with Gasteiger partial charge in [0.25, 0.3) is 0 Å². The van der Waals surface area contributed by atoms with Gasteiger partial charge in [0.2, 0.25) is 0 Å². The standard InChI is InChI=1S/C10H12N2.2C2H6/c1-7-4-10-11-9(3)6-12(10)5-8(7)2;2*1-2/h4-6H,1-3H3;2*1-2H3. The Bertz CT molecular complexity index is 388. The average molecular weight is 220 g/mol. The number of rotatable bonds is 0. The Morgan fingerprint density at radius 1 is 0.875 bits per heavy atom. The zero-order valence-electron chi connectivity index (χ0n) is 11.6. The maximum absolute atomic E-state index is 4.38. The molecule has 0 atom stereocenters. The molecule has 2 rings (SSSR count). The summed E-state index contributed by atoms with van der Waals surface area (Å²) in [7, 11) is 0. The maximum Gasteiger partial charge on any atom is 0.137 e. The fourth-order valence-electron chi connectivity index (χ4n) is 1.36. The lowest BCUT2D eigenvalue weighted by molar-refractivity contribution is 1.13. The Kier molecular flexibility index (Phi) is 6.47. The minimum atomic E-state index is 1.04. The van der Waals surface area contributed by atoms with Crippen LogP contribution in [0.3, 0.4) is 0 Å². The SMILES string of the molecule is CC.CC.Cc1cn2cc(C)c(C)cc2n1. The topological polar surface area (TPSA) is 17.3 Å². The lowest BCUT2D eigenvalue weighted by atomic mass is 10.2. The van der Waals surface area contributed by atoms with Crippen molar-refractivity contribution < 1.29 is 0 Å². The van der Waals surface area contributed by atoms with Gasteiger partial charge in [-0.1, -0.05) is 27.7 Å². The molecule has 0 amide bonds. The highest BCUT2D eigenvalue weighted by molar-refractivity contribution is 5.44. The lowest BCUT2D eigenvalue weighted by Crippen LogP contribution is -1.87.